The van der Waals surface area contributed by atoms with E-state index in [2.05, 4.69) is 164 Å². The van der Waals surface area contributed by atoms with Crippen molar-refractivity contribution >= 4 is 54.5 Å². The van der Waals surface area contributed by atoms with E-state index < -0.39 is 0 Å². The highest BCUT2D eigenvalue weighted by Crippen LogP contribution is 2.42. The SMILES string of the molecule is CCC.c1ccc(-c2ccc(-c3nc(-c4ccccc4)nc(-n4c5c(-c6ccc7c(c6)oc6ccccc67)cccc5c5ccc6ccccc6c54)n3)cc2)cc1. The van der Waals surface area contributed by atoms with Gasteiger partial charge in [-0.15, -0.1) is 0 Å². The summed E-state index contributed by atoms with van der Waals surface area (Å²) in [4.78, 5) is 15.7. The largest absolute Gasteiger partial charge is 0.456 e. The van der Waals surface area contributed by atoms with Crippen LogP contribution in [0.25, 0.3) is 105 Å². The summed E-state index contributed by atoms with van der Waals surface area (Å²) in [6.07, 6.45) is 1.25. The molecular formula is C52H38N4O. The Balaban J connectivity index is 0.00000128. The lowest BCUT2D eigenvalue weighted by molar-refractivity contribution is 0.669. The van der Waals surface area contributed by atoms with Crippen molar-refractivity contribution in [2.45, 2.75) is 20.3 Å². The van der Waals surface area contributed by atoms with E-state index in [0.29, 0.717) is 17.6 Å². The molecule has 0 aliphatic carbocycles. The van der Waals surface area contributed by atoms with E-state index in [-0.39, 0.29) is 0 Å². The molecule has 0 N–H and O–H groups in total. The third-order valence-corrected chi connectivity index (χ3v) is 10.5. The monoisotopic (exact) mass is 734 g/mol. The van der Waals surface area contributed by atoms with Gasteiger partial charge in [-0.2, -0.15) is 9.97 Å². The molecule has 0 bridgehead atoms. The van der Waals surface area contributed by atoms with Gasteiger partial charge in [0.2, 0.25) is 5.95 Å². The van der Waals surface area contributed by atoms with Crippen LogP contribution in [0.2, 0.25) is 0 Å². The summed E-state index contributed by atoms with van der Waals surface area (Å²) in [7, 11) is 0. The van der Waals surface area contributed by atoms with Crippen LogP contribution in [-0.4, -0.2) is 19.5 Å². The van der Waals surface area contributed by atoms with Crippen molar-refractivity contribution in [3.63, 3.8) is 0 Å². The van der Waals surface area contributed by atoms with Crippen molar-refractivity contribution in [3.05, 3.63) is 182 Å². The maximum Gasteiger partial charge on any atom is 0.238 e. The molecule has 0 atom stereocenters. The van der Waals surface area contributed by atoms with Gasteiger partial charge < -0.3 is 4.42 Å². The lowest BCUT2D eigenvalue weighted by atomic mass is 10.00. The first-order valence-corrected chi connectivity index (χ1v) is 19.5. The van der Waals surface area contributed by atoms with E-state index in [1.165, 1.54) is 6.42 Å². The molecule has 11 aromatic rings. The van der Waals surface area contributed by atoms with Gasteiger partial charge in [-0.25, -0.2) is 4.98 Å². The van der Waals surface area contributed by atoms with Crippen molar-refractivity contribution in [2.24, 2.45) is 0 Å². The van der Waals surface area contributed by atoms with Crippen LogP contribution in [0.15, 0.2) is 186 Å². The Bertz CT molecular complexity index is 3220. The first-order valence-electron chi connectivity index (χ1n) is 19.5. The number of benzene rings is 8. The fraction of sp³-hybridized carbons (Fsp3) is 0.0577. The molecule has 5 nitrogen and oxygen atoms in total. The molecule has 0 saturated carbocycles. The average Bonchev–Trinajstić information content (AvgIpc) is 3.83. The Morgan fingerprint density at radius 2 is 0.930 bits per heavy atom. The molecule has 0 fully saturated rings. The summed E-state index contributed by atoms with van der Waals surface area (Å²) in [5.41, 5.74) is 10.1. The smallest absolute Gasteiger partial charge is 0.238 e. The zero-order valence-corrected chi connectivity index (χ0v) is 31.7. The van der Waals surface area contributed by atoms with E-state index >= 15 is 0 Å². The van der Waals surface area contributed by atoms with Crippen LogP contribution in [0, 0.1) is 0 Å². The second-order valence-corrected chi connectivity index (χ2v) is 14.3. The molecule has 0 saturated heterocycles. The molecule has 0 aliphatic heterocycles. The van der Waals surface area contributed by atoms with E-state index in [4.69, 9.17) is 19.4 Å². The van der Waals surface area contributed by atoms with Gasteiger partial charge in [0.15, 0.2) is 11.6 Å². The molecule has 0 unspecified atom stereocenters. The topological polar surface area (TPSA) is 56.7 Å². The standard InChI is InChI=1S/C49H30N4O.C3H8/c1-3-12-31(13-4-1)32-22-24-35(25-23-32)48-50-47(34-15-5-2-6-16-34)51-49(52-48)53-45-37-17-8-7-14-33(37)26-29-42(45)41-20-11-19-38(46(41)53)36-27-28-40-39-18-9-10-21-43(39)54-44(40)30-36;1-3-2/h1-30H;3H2,1-2H3. The molecule has 0 amide bonds. The highest BCUT2D eigenvalue weighted by Gasteiger charge is 2.22. The van der Waals surface area contributed by atoms with Gasteiger partial charge in [0.1, 0.15) is 11.2 Å². The van der Waals surface area contributed by atoms with Crippen LogP contribution in [0.4, 0.5) is 0 Å². The van der Waals surface area contributed by atoms with Crippen molar-refractivity contribution in [1.29, 1.82) is 0 Å². The Morgan fingerprint density at radius 1 is 0.404 bits per heavy atom. The maximum absolute atomic E-state index is 6.38. The Morgan fingerprint density at radius 3 is 1.68 bits per heavy atom. The summed E-state index contributed by atoms with van der Waals surface area (Å²) in [5.74, 6) is 1.77. The quantitative estimate of drug-likeness (QED) is 0.177. The van der Waals surface area contributed by atoms with Gasteiger partial charge in [-0.05, 0) is 40.3 Å². The number of nitrogens with zero attached hydrogens (tertiary/aromatic N) is 4. The maximum atomic E-state index is 6.38. The van der Waals surface area contributed by atoms with Crippen LogP contribution in [0.5, 0.6) is 0 Å². The molecule has 11 rings (SSSR count). The van der Waals surface area contributed by atoms with Crippen LogP contribution < -0.4 is 0 Å². The van der Waals surface area contributed by atoms with E-state index in [9.17, 15) is 0 Å². The summed E-state index contributed by atoms with van der Waals surface area (Å²) < 4.78 is 8.64. The predicted molar refractivity (Wildman–Crippen MR) is 237 cm³/mol. The molecule has 8 aromatic carbocycles. The van der Waals surface area contributed by atoms with Crippen LogP contribution in [-0.2, 0) is 0 Å². The third kappa shape index (κ3) is 6.01. The van der Waals surface area contributed by atoms with Crippen molar-refractivity contribution < 1.29 is 4.42 Å². The predicted octanol–water partition coefficient (Wildman–Crippen LogP) is 14.1. The summed E-state index contributed by atoms with van der Waals surface area (Å²) >= 11 is 0. The van der Waals surface area contributed by atoms with Gasteiger partial charge in [0.05, 0.1) is 11.0 Å². The molecular weight excluding hydrogens is 697 g/mol. The highest BCUT2D eigenvalue weighted by atomic mass is 16.3. The summed E-state index contributed by atoms with van der Waals surface area (Å²) in [6, 6.07) is 63.3. The minimum atomic E-state index is 0.555. The van der Waals surface area contributed by atoms with Crippen molar-refractivity contribution in [2.75, 3.05) is 0 Å². The molecule has 5 heteroatoms. The van der Waals surface area contributed by atoms with Crippen molar-refractivity contribution in [1.82, 2.24) is 19.5 Å². The zero-order chi connectivity index (χ0) is 38.3. The number of hydrogen-bond acceptors (Lipinski definition) is 4. The van der Waals surface area contributed by atoms with Gasteiger partial charge >= 0.3 is 0 Å². The molecule has 272 valence electrons. The highest BCUT2D eigenvalue weighted by molar-refractivity contribution is 6.21. The lowest BCUT2D eigenvalue weighted by Gasteiger charge is -2.14. The summed E-state index contributed by atoms with van der Waals surface area (Å²) in [6.45, 7) is 4.25. The Hall–Kier alpha value is -7.37. The van der Waals surface area contributed by atoms with E-state index in [1.54, 1.807) is 0 Å². The normalized spacial score (nSPS) is 11.4. The average molecular weight is 735 g/mol. The van der Waals surface area contributed by atoms with Gasteiger partial charge in [-0.1, -0.05) is 184 Å². The molecule has 3 aromatic heterocycles. The number of furan rings is 1. The minimum absolute atomic E-state index is 0.555. The van der Waals surface area contributed by atoms with Crippen LogP contribution in [0.3, 0.4) is 0 Å². The zero-order valence-electron chi connectivity index (χ0n) is 31.7. The first kappa shape index (κ1) is 34.1. The Kier molecular flexibility index (Phi) is 8.61. The minimum Gasteiger partial charge on any atom is -0.456 e. The fourth-order valence-electron chi connectivity index (χ4n) is 7.91. The molecule has 57 heavy (non-hydrogen) atoms. The molecule has 0 spiro atoms. The molecule has 0 aliphatic rings. The second-order valence-electron chi connectivity index (χ2n) is 14.3. The van der Waals surface area contributed by atoms with Gasteiger partial charge in [0.25, 0.3) is 0 Å². The van der Waals surface area contributed by atoms with E-state index in [1.807, 2.05) is 36.4 Å². The summed E-state index contributed by atoms with van der Waals surface area (Å²) in [5, 5.41) is 6.73. The Labute approximate surface area is 330 Å². The molecule has 3 heterocycles. The number of para-hydroxylation sites is 2. The number of hydrogen-bond donors (Lipinski definition) is 0. The van der Waals surface area contributed by atoms with E-state index in [0.717, 1.165) is 87.9 Å². The number of rotatable bonds is 5. The third-order valence-electron chi connectivity index (χ3n) is 10.5. The van der Waals surface area contributed by atoms with Gasteiger partial charge in [-0.3, -0.25) is 4.57 Å². The van der Waals surface area contributed by atoms with Crippen LogP contribution in [0.1, 0.15) is 20.3 Å². The lowest BCUT2D eigenvalue weighted by Crippen LogP contribution is -2.07. The second kappa shape index (κ2) is 14.4. The fourth-order valence-corrected chi connectivity index (χ4v) is 7.91. The van der Waals surface area contributed by atoms with Crippen molar-refractivity contribution in [3.8, 4) is 51.0 Å². The number of fused-ring (bicyclic) bond motifs is 8. The molecule has 0 radical (unpaired) electrons. The van der Waals surface area contributed by atoms with Crippen LogP contribution >= 0.6 is 0 Å². The first-order chi connectivity index (χ1) is 28.2. The van der Waals surface area contributed by atoms with Gasteiger partial charge in [0, 0.05) is 43.6 Å². The number of aromatic nitrogens is 4.